The van der Waals surface area contributed by atoms with Crippen LogP contribution in [0.1, 0.15) is 30.1 Å². The van der Waals surface area contributed by atoms with Gasteiger partial charge in [-0.3, -0.25) is 9.59 Å². The van der Waals surface area contributed by atoms with E-state index in [1.807, 2.05) is 6.07 Å². The summed E-state index contributed by atoms with van der Waals surface area (Å²) in [5.41, 5.74) is 0.454. The van der Waals surface area contributed by atoms with Crippen LogP contribution in [0.2, 0.25) is 0 Å². The molecular weight excluding hydrogens is 384 g/mol. The number of carbonyl (C=O) groups excluding carboxylic acids is 3. The maximum atomic E-state index is 12.9. The highest BCUT2D eigenvalue weighted by Crippen LogP contribution is 2.24. The van der Waals surface area contributed by atoms with Gasteiger partial charge in [-0.15, -0.1) is 6.58 Å². The number of hydrogen-bond acceptors (Lipinski definition) is 5. The van der Waals surface area contributed by atoms with Gasteiger partial charge >= 0.3 is 5.97 Å². The van der Waals surface area contributed by atoms with Gasteiger partial charge in [-0.1, -0.05) is 36.4 Å². The summed E-state index contributed by atoms with van der Waals surface area (Å²) in [5, 5.41) is 2.35. The maximum Gasteiger partial charge on any atom is 0.340 e. The van der Waals surface area contributed by atoms with Gasteiger partial charge in [-0.2, -0.15) is 0 Å². The minimum atomic E-state index is -0.573. The quantitative estimate of drug-likeness (QED) is 0.359. The van der Waals surface area contributed by atoms with Crippen LogP contribution in [-0.2, 0) is 14.3 Å². The lowest BCUT2D eigenvalue weighted by molar-refractivity contribution is -0.137. The molecule has 158 valence electrons. The Bertz CT molecular complexity index is 882. The minimum Gasteiger partial charge on any atom is -0.484 e. The molecule has 0 heterocycles. The van der Waals surface area contributed by atoms with Gasteiger partial charge in [0.1, 0.15) is 5.75 Å². The number of allylic oxidation sites excluding steroid dienone is 1. The van der Waals surface area contributed by atoms with Crippen molar-refractivity contribution in [2.75, 3.05) is 25.3 Å². The zero-order chi connectivity index (χ0) is 21.9. The standard InChI is InChI=1S/C23H26N2O5/c1-4-6-16-21(26)25(20-15-11-10-14-19(20)23(28)29-5-2)24(3)22(27)17-30-18-12-8-7-9-13-18/h4,7-15H,1,5-6,16-17H2,2-3H3. The summed E-state index contributed by atoms with van der Waals surface area (Å²) < 4.78 is 10.6. The molecule has 0 aliphatic rings. The van der Waals surface area contributed by atoms with Gasteiger partial charge in [0.25, 0.3) is 5.91 Å². The molecule has 2 rings (SSSR count). The molecule has 0 unspecified atom stereocenters. The number of hydrazine groups is 1. The maximum absolute atomic E-state index is 12.9. The Labute approximate surface area is 176 Å². The molecule has 0 N–H and O–H groups in total. The number of amides is 2. The van der Waals surface area contributed by atoms with Crippen LogP contribution in [0, 0.1) is 0 Å². The lowest BCUT2D eigenvalue weighted by atomic mass is 10.1. The minimum absolute atomic E-state index is 0.123. The lowest BCUT2D eigenvalue weighted by Crippen LogP contribution is -2.50. The zero-order valence-electron chi connectivity index (χ0n) is 17.2. The zero-order valence-corrected chi connectivity index (χ0v) is 17.2. The number of carbonyl (C=O) groups is 3. The summed E-state index contributed by atoms with van der Waals surface area (Å²) in [6, 6.07) is 15.4. The lowest BCUT2D eigenvalue weighted by Gasteiger charge is -2.32. The van der Waals surface area contributed by atoms with Gasteiger partial charge in [0.15, 0.2) is 6.61 Å². The van der Waals surface area contributed by atoms with Gasteiger partial charge in [0, 0.05) is 13.5 Å². The highest BCUT2D eigenvalue weighted by Gasteiger charge is 2.28. The highest BCUT2D eigenvalue weighted by atomic mass is 16.5. The van der Waals surface area contributed by atoms with Crippen molar-refractivity contribution in [3.8, 4) is 5.75 Å². The Hall–Kier alpha value is -3.61. The van der Waals surface area contributed by atoms with Gasteiger partial charge in [0.05, 0.1) is 17.9 Å². The van der Waals surface area contributed by atoms with E-state index < -0.39 is 11.9 Å². The number of para-hydroxylation sites is 2. The van der Waals surface area contributed by atoms with Gasteiger partial charge in [-0.05, 0) is 37.6 Å². The second-order valence-corrected chi connectivity index (χ2v) is 6.29. The predicted molar refractivity (Wildman–Crippen MR) is 114 cm³/mol. The summed E-state index contributed by atoms with van der Waals surface area (Å²) in [4.78, 5) is 38.1. The van der Waals surface area contributed by atoms with Crippen molar-refractivity contribution in [1.82, 2.24) is 5.01 Å². The average Bonchev–Trinajstić information content (AvgIpc) is 2.77. The van der Waals surface area contributed by atoms with Crippen molar-refractivity contribution >= 4 is 23.5 Å². The Morgan fingerprint density at radius 3 is 2.33 bits per heavy atom. The van der Waals surface area contributed by atoms with Gasteiger partial charge < -0.3 is 9.47 Å². The van der Waals surface area contributed by atoms with Crippen LogP contribution >= 0.6 is 0 Å². The third-order valence-electron chi connectivity index (χ3n) is 4.19. The van der Waals surface area contributed by atoms with Crippen molar-refractivity contribution in [1.29, 1.82) is 0 Å². The van der Waals surface area contributed by atoms with Crippen LogP contribution in [0.15, 0.2) is 67.3 Å². The fourth-order valence-corrected chi connectivity index (χ4v) is 2.70. The Kier molecular flexibility index (Phi) is 8.62. The summed E-state index contributed by atoms with van der Waals surface area (Å²) in [6.45, 7) is 5.25. The first-order valence-corrected chi connectivity index (χ1v) is 9.63. The molecule has 0 bridgehead atoms. The van der Waals surface area contributed by atoms with Crippen molar-refractivity contribution in [2.45, 2.75) is 19.8 Å². The molecule has 0 aromatic heterocycles. The van der Waals surface area contributed by atoms with E-state index in [4.69, 9.17) is 9.47 Å². The van der Waals surface area contributed by atoms with Crippen LogP contribution in [0.5, 0.6) is 5.75 Å². The third-order valence-corrected chi connectivity index (χ3v) is 4.19. The number of benzene rings is 2. The normalized spacial score (nSPS) is 10.1. The molecule has 30 heavy (non-hydrogen) atoms. The monoisotopic (exact) mass is 410 g/mol. The third kappa shape index (κ3) is 5.94. The first-order chi connectivity index (χ1) is 14.5. The second kappa shape index (κ2) is 11.4. The fraction of sp³-hybridized carbons (Fsp3) is 0.261. The molecule has 0 aliphatic carbocycles. The van der Waals surface area contributed by atoms with Crippen molar-refractivity contribution in [3.63, 3.8) is 0 Å². The molecule has 0 radical (unpaired) electrons. The number of hydrogen-bond donors (Lipinski definition) is 0. The number of anilines is 1. The average molecular weight is 410 g/mol. The van der Waals surface area contributed by atoms with E-state index in [2.05, 4.69) is 6.58 Å². The summed E-state index contributed by atoms with van der Waals surface area (Å²) >= 11 is 0. The number of nitrogens with zero attached hydrogens (tertiary/aromatic N) is 2. The number of ether oxygens (including phenoxy) is 2. The molecule has 0 saturated carbocycles. The van der Waals surface area contributed by atoms with Crippen molar-refractivity contribution in [2.24, 2.45) is 0 Å². The highest BCUT2D eigenvalue weighted by molar-refractivity contribution is 6.03. The Balaban J connectivity index is 2.31. The molecule has 0 fully saturated rings. The molecule has 7 nitrogen and oxygen atoms in total. The SMILES string of the molecule is C=CCCC(=O)N(c1ccccc1C(=O)OCC)N(C)C(=O)COc1ccccc1. The van der Waals surface area contributed by atoms with Gasteiger partial charge in [0.2, 0.25) is 5.91 Å². The van der Waals surface area contributed by atoms with Crippen molar-refractivity contribution in [3.05, 3.63) is 72.8 Å². The molecule has 7 heteroatoms. The Morgan fingerprint density at radius 2 is 1.67 bits per heavy atom. The summed E-state index contributed by atoms with van der Waals surface area (Å²) in [6.07, 6.45) is 2.17. The predicted octanol–water partition coefficient (Wildman–Crippen LogP) is 3.61. The fourth-order valence-electron chi connectivity index (χ4n) is 2.70. The largest absolute Gasteiger partial charge is 0.484 e. The van der Waals surface area contributed by atoms with E-state index in [0.29, 0.717) is 12.2 Å². The van der Waals surface area contributed by atoms with Crippen LogP contribution in [-0.4, -0.2) is 43.1 Å². The molecule has 2 aromatic carbocycles. The van der Waals surface area contributed by atoms with E-state index in [1.54, 1.807) is 61.5 Å². The molecule has 0 atom stereocenters. The molecule has 0 spiro atoms. The second-order valence-electron chi connectivity index (χ2n) is 6.29. The van der Waals surface area contributed by atoms with Crippen LogP contribution in [0.4, 0.5) is 5.69 Å². The van der Waals surface area contributed by atoms with Crippen LogP contribution in [0.25, 0.3) is 0 Å². The number of rotatable bonds is 9. The smallest absolute Gasteiger partial charge is 0.340 e. The topological polar surface area (TPSA) is 76.2 Å². The van der Waals surface area contributed by atoms with E-state index in [0.717, 1.165) is 5.01 Å². The van der Waals surface area contributed by atoms with Crippen molar-refractivity contribution < 1.29 is 23.9 Å². The Morgan fingerprint density at radius 1 is 1.00 bits per heavy atom. The number of likely N-dealkylation sites (N-methyl/N-ethyl adjacent to an activating group) is 1. The summed E-state index contributed by atoms with van der Waals surface area (Å²) in [5.74, 6) is -0.849. The van der Waals surface area contributed by atoms with Crippen LogP contribution < -0.4 is 9.75 Å². The van der Waals surface area contributed by atoms with E-state index in [-0.39, 0.29) is 36.8 Å². The first kappa shape index (κ1) is 22.7. The molecular formula is C23H26N2O5. The summed E-state index contributed by atoms with van der Waals surface area (Å²) in [7, 11) is 1.46. The molecule has 2 amide bonds. The van der Waals surface area contributed by atoms with E-state index in [1.165, 1.54) is 12.1 Å². The first-order valence-electron chi connectivity index (χ1n) is 9.63. The van der Waals surface area contributed by atoms with E-state index in [9.17, 15) is 14.4 Å². The number of esters is 1. The molecule has 0 aliphatic heterocycles. The molecule has 2 aromatic rings. The van der Waals surface area contributed by atoms with E-state index >= 15 is 0 Å². The van der Waals surface area contributed by atoms with Crippen LogP contribution in [0.3, 0.4) is 0 Å². The van der Waals surface area contributed by atoms with Gasteiger partial charge in [-0.25, -0.2) is 14.8 Å². The molecule has 0 saturated heterocycles.